The third kappa shape index (κ3) is 5.27. The van der Waals surface area contributed by atoms with Crippen LogP contribution in [0.1, 0.15) is 28.7 Å². The van der Waals surface area contributed by atoms with E-state index in [2.05, 4.69) is 16.1 Å². The first-order chi connectivity index (χ1) is 10.5. The van der Waals surface area contributed by atoms with Crippen molar-refractivity contribution >= 4 is 5.78 Å². The summed E-state index contributed by atoms with van der Waals surface area (Å²) >= 11 is 0. The van der Waals surface area contributed by atoms with Crippen molar-refractivity contribution in [2.75, 3.05) is 0 Å². The van der Waals surface area contributed by atoms with Gasteiger partial charge in [0.15, 0.2) is 0 Å². The van der Waals surface area contributed by atoms with Crippen molar-refractivity contribution in [2.45, 2.75) is 20.8 Å². The maximum atomic E-state index is 12.9. The standard InChI is InChI=1S/C10H8FN2.C7H9NO.Ir/c1-8-7-9(3-4-10(8)11)13-6-2-5-12-13;1-5-3-4-7(8-5)6(2)9;/h2,4-7H,1H3;3-4H,1-2H3,(H,8,9);/q-1;;/p-1. The first-order valence-electron chi connectivity index (χ1n) is 6.76. The molecule has 2 aromatic heterocycles. The van der Waals surface area contributed by atoms with Gasteiger partial charge < -0.3 is 4.98 Å². The minimum atomic E-state index is -0.240. The Bertz CT molecular complexity index is 766. The van der Waals surface area contributed by atoms with Crippen LogP contribution in [0.2, 0.25) is 0 Å². The Kier molecular flexibility index (Phi) is 7.07. The second-order valence-corrected chi connectivity index (χ2v) is 4.83. The molecule has 0 fully saturated rings. The molecule has 0 N–H and O–H groups in total. The van der Waals surface area contributed by atoms with Gasteiger partial charge in [0.1, 0.15) is 5.78 Å². The third-order valence-electron chi connectivity index (χ3n) is 2.97. The number of halogens is 1. The number of hydrogen-bond donors (Lipinski definition) is 0. The molecule has 23 heavy (non-hydrogen) atoms. The van der Waals surface area contributed by atoms with Crippen LogP contribution in [0.15, 0.2) is 42.7 Å². The summed E-state index contributed by atoms with van der Waals surface area (Å²) in [6.45, 7) is 5.10. The number of benzene rings is 1. The van der Waals surface area contributed by atoms with Crippen molar-refractivity contribution < 1.29 is 29.3 Å². The predicted octanol–water partition coefficient (Wildman–Crippen LogP) is 3.27. The number of ketones is 1. The van der Waals surface area contributed by atoms with Gasteiger partial charge in [0.2, 0.25) is 0 Å². The number of carbonyl (C=O) groups excluding carboxylic acids is 1. The molecule has 1 aromatic carbocycles. The van der Waals surface area contributed by atoms with Crippen LogP contribution in [-0.4, -0.2) is 15.6 Å². The Morgan fingerprint density at radius 2 is 2.09 bits per heavy atom. The normalized spacial score (nSPS) is 9.57. The van der Waals surface area contributed by atoms with Gasteiger partial charge in [-0.25, -0.2) is 0 Å². The summed E-state index contributed by atoms with van der Waals surface area (Å²) in [6.07, 6.45) is 3.47. The molecule has 0 bridgehead atoms. The van der Waals surface area contributed by atoms with Crippen LogP contribution >= 0.6 is 0 Å². The molecule has 4 nitrogen and oxygen atoms in total. The van der Waals surface area contributed by atoms with E-state index in [0.717, 1.165) is 11.4 Å². The van der Waals surface area contributed by atoms with Crippen molar-refractivity contribution in [2.24, 2.45) is 0 Å². The van der Waals surface area contributed by atoms with E-state index in [1.165, 1.54) is 13.0 Å². The van der Waals surface area contributed by atoms with Gasteiger partial charge in [0, 0.05) is 38.3 Å². The van der Waals surface area contributed by atoms with Crippen molar-refractivity contribution in [3.63, 3.8) is 0 Å². The van der Waals surface area contributed by atoms with Gasteiger partial charge in [-0.3, -0.25) is 13.9 Å². The average molecular weight is 490 g/mol. The van der Waals surface area contributed by atoms with E-state index in [1.54, 1.807) is 36.1 Å². The summed E-state index contributed by atoms with van der Waals surface area (Å²) in [7, 11) is 0. The molecule has 0 unspecified atom stereocenters. The zero-order valence-electron chi connectivity index (χ0n) is 13.0. The Labute approximate surface area is 148 Å². The van der Waals surface area contributed by atoms with E-state index in [9.17, 15) is 9.18 Å². The van der Waals surface area contributed by atoms with Crippen molar-refractivity contribution in [1.82, 2.24) is 14.8 Å². The van der Waals surface area contributed by atoms with Crippen molar-refractivity contribution in [3.05, 3.63) is 71.6 Å². The van der Waals surface area contributed by atoms with Crippen LogP contribution in [0, 0.1) is 25.7 Å². The third-order valence-corrected chi connectivity index (χ3v) is 2.97. The Hall–Kier alpha value is -2.04. The van der Waals surface area contributed by atoms with E-state index in [4.69, 9.17) is 0 Å². The fraction of sp³-hybridized carbons (Fsp3) is 0.176. The monoisotopic (exact) mass is 490 g/mol. The van der Waals surface area contributed by atoms with Crippen LogP contribution in [0.4, 0.5) is 4.39 Å². The molecule has 0 aliphatic heterocycles. The summed E-state index contributed by atoms with van der Waals surface area (Å²) in [5.41, 5.74) is 2.82. The maximum Gasteiger partial charge on any atom is 0.138 e. The average Bonchev–Trinajstić information content (AvgIpc) is 3.13. The summed E-state index contributed by atoms with van der Waals surface area (Å²) in [4.78, 5) is 14.6. The molecule has 0 atom stereocenters. The van der Waals surface area contributed by atoms with E-state index >= 15 is 0 Å². The first kappa shape index (κ1) is 19.0. The molecule has 3 rings (SSSR count). The molecule has 3 aromatic rings. The Morgan fingerprint density at radius 1 is 1.35 bits per heavy atom. The molecule has 0 aliphatic carbocycles. The molecule has 6 heteroatoms. The fourth-order valence-electron chi connectivity index (χ4n) is 1.77. The quantitative estimate of drug-likeness (QED) is 0.410. The second kappa shape index (κ2) is 8.55. The maximum absolute atomic E-state index is 12.9. The summed E-state index contributed by atoms with van der Waals surface area (Å²) in [6, 6.07) is 11.2. The fourth-order valence-corrected chi connectivity index (χ4v) is 1.77. The zero-order valence-corrected chi connectivity index (χ0v) is 15.4. The number of hydrogen-bond acceptors (Lipinski definition) is 2. The zero-order chi connectivity index (χ0) is 16.1. The van der Waals surface area contributed by atoms with Gasteiger partial charge in [-0.1, -0.05) is 31.7 Å². The van der Waals surface area contributed by atoms with Crippen molar-refractivity contribution in [1.29, 1.82) is 0 Å². The van der Waals surface area contributed by atoms with E-state index < -0.39 is 0 Å². The molecule has 2 heterocycles. The van der Waals surface area contributed by atoms with E-state index in [1.807, 2.05) is 19.1 Å². The molecule has 0 saturated carbocycles. The van der Waals surface area contributed by atoms with Crippen LogP contribution in [0.25, 0.3) is 5.69 Å². The largest absolute Gasteiger partial charge is 0.659 e. The number of Topliss-reactive ketones (excluding diaryl/α,β-unsaturated/α-hetero) is 1. The molecule has 0 saturated heterocycles. The van der Waals surface area contributed by atoms with Crippen LogP contribution < -0.4 is 4.98 Å². The number of rotatable bonds is 2. The van der Waals surface area contributed by atoms with Crippen LogP contribution in [0.5, 0.6) is 0 Å². The second-order valence-electron chi connectivity index (χ2n) is 4.83. The number of nitrogens with zero attached hydrogens (tertiary/aromatic N) is 3. The molecular weight excluding hydrogens is 473 g/mol. The molecule has 0 aliphatic rings. The smallest absolute Gasteiger partial charge is 0.138 e. The molecular formula is C17H16FIrN3O-2. The predicted molar refractivity (Wildman–Crippen MR) is 81.6 cm³/mol. The molecule has 0 amide bonds. The van der Waals surface area contributed by atoms with Gasteiger partial charge in [0.25, 0.3) is 0 Å². The van der Waals surface area contributed by atoms with Crippen LogP contribution in [0.3, 0.4) is 0 Å². The topological polar surface area (TPSA) is 49.0 Å². The molecule has 1 radical (unpaired) electrons. The minimum Gasteiger partial charge on any atom is -0.659 e. The summed E-state index contributed by atoms with van der Waals surface area (Å²) < 4.78 is 14.5. The van der Waals surface area contributed by atoms with Gasteiger partial charge in [0.05, 0.1) is 0 Å². The Morgan fingerprint density at radius 3 is 2.52 bits per heavy atom. The summed E-state index contributed by atoms with van der Waals surface area (Å²) in [5, 5.41) is 4.02. The van der Waals surface area contributed by atoms with E-state index in [-0.39, 0.29) is 31.7 Å². The SMILES string of the molecule is CC(=O)c1ccc(C)[n-]1.Cc1cc(-n2cccn2)[c-]cc1F.[Ir]. The van der Waals surface area contributed by atoms with Crippen LogP contribution in [-0.2, 0) is 20.1 Å². The van der Waals surface area contributed by atoms with Gasteiger partial charge in [-0.2, -0.15) is 16.9 Å². The number of aryl methyl sites for hydroxylation is 2. The van der Waals surface area contributed by atoms with Gasteiger partial charge in [-0.15, -0.1) is 17.7 Å². The minimum absolute atomic E-state index is 0. The summed E-state index contributed by atoms with van der Waals surface area (Å²) in [5.74, 6) is -0.209. The molecule has 0 spiro atoms. The van der Waals surface area contributed by atoms with Crippen molar-refractivity contribution in [3.8, 4) is 5.69 Å². The molecule has 123 valence electrons. The Balaban J connectivity index is 0.000000235. The number of aromatic nitrogens is 3. The number of carbonyl (C=O) groups is 1. The van der Waals surface area contributed by atoms with Gasteiger partial charge in [-0.05, 0) is 18.7 Å². The van der Waals surface area contributed by atoms with E-state index in [0.29, 0.717) is 11.3 Å². The van der Waals surface area contributed by atoms with Gasteiger partial charge >= 0.3 is 0 Å². The first-order valence-corrected chi connectivity index (χ1v) is 6.76.